The molecule has 0 spiro atoms. The number of alkyl halides is 6. The number of benzene rings is 1. The highest BCUT2D eigenvalue weighted by atomic mass is 79.9. The lowest BCUT2D eigenvalue weighted by Crippen LogP contribution is -2.40. The van der Waals surface area contributed by atoms with Gasteiger partial charge in [-0.1, -0.05) is 75.7 Å². The van der Waals surface area contributed by atoms with E-state index in [1.54, 1.807) is 32.0 Å². The van der Waals surface area contributed by atoms with Gasteiger partial charge in [0.15, 0.2) is 17.5 Å². The highest BCUT2D eigenvalue weighted by Crippen LogP contribution is 2.42. The monoisotopic (exact) mass is 640 g/mol. The first kappa shape index (κ1) is 28.4. The second-order valence-electron chi connectivity index (χ2n) is 6.05. The molecule has 0 bridgehead atoms. The van der Waals surface area contributed by atoms with E-state index in [0.29, 0.717) is 4.47 Å². The van der Waals surface area contributed by atoms with E-state index in [1.165, 1.54) is 0 Å². The molecule has 0 amide bonds. The first-order chi connectivity index (χ1) is 15.3. The summed E-state index contributed by atoms with van der Waals surface area (Å²) in [5.41, 5.74) is 0.483. The molecule has 8 nitrogen and oxygen atoms in total. The van der Waals surface area contributed by atoms with Crippen molar-refractivity contribution in [3.8, 4) is 11.4 Å². The van der Waals surface area contributed by atoms with Crippen LogP contribution in [0.5, 0.6) is 0 Å². The van der Waals surface area contributed by atoms with Crippen LogP contribution in [-0.4, -0.2) is 46.1 Å². The van der Waals surface area contributed by atoms with Gasteiger partial charge >= 0.3 is 11.9 Å². The van der Waals surface area contributed by atoms with Crippen molar-refractivity contribution in [3.05, 3.63) is 34.3 Å². The summed E-state index contributed by atoms with van der Waals surface area (Å²) in [6, 6.07) is 3.36. The van der Waals surface area contributed by atoms with Crippen molar-refractivity contribution in [1.29, 1.82) is 0 Å². The Morgan fingerprint density at radius 2 is 1.42 bits per heavy atom. The van der Waals surface area contributed by atoms with Crippen molar-refractivity contribution in [1.82, 2.24) is 15.0 Å². The van der Waals surface area contributed by atoms with Gasteiger partial charge < -0.3 is 14.8 Å². The van der Waals surface area contributed by atoms with Crippen LogP contribution in [0.2, 0.25) is 0 Å². The number of ether oxygens (including phenoxy) is 2. The Labute approximate surface area is 227 Å². The normalized spacial score (nSPS) is 11.9. The number of nitrogens with one attached hydrogen (secondary N) is 1. The maximum atomic E-state index is 12.4. The molecule has 0 saturated carbocycles. The minimum Gasteiger partial charge on any atom is -0.464 e. The number of esters is 2. The Bertz CT molecular complexity index is 982. The van der Waals surface area contributed by atoms with Crippen LogP contribution in [0.4, 0.5) is 5.69 Å². The van der Waals surface area contributed by atoms with E-state index in [9.17, 15) is 9.59 Å². The van der Waals surface area contributed by atoms with Gasteiger partial charge in [-0.3, -0.25) is 0 Å². The number of hydrogen-bond acceptors (Lipinski definition) is 8. The standard InChI is InChI=1S/C18H15BrCl6N4O4/c1-3-32-13(30)11(14(31)33-4-2)26-10-8(6-5-7-9(10)19)12-27-15(17(20,21)22)29-16(28-12)18(23,24)25/h5-7,11,26H,3-4H2,1-2H3. The molecule has 0 aliphatic rings. The molecule has 0 atom stereocenters. The van der Waals surface area contributed by atoms with Crippen LogP contribution in [0.1, 0.15) is 25.5 Å². The van der Waals surface area contributed by atoms with Gasteiger partial charge in [-0.2, -0.15) is 0 Å². The highest BCUT2D eigenvalue weighted by molar-refractivity contribution is 9.10. The topological polar surface area (TPSA) is 103 Å². The molecule has 0 aliphatic heterocycles. The second-order valence-corrected chi connectivity index (χ2v) is 11.5. The van der Waals surface area contributed by atoms with Crippen molar-refractivity contribution < 1.29 is 19.1 Å². The van der Waals surface area contributed by atoms with Crippen molar-refractivity contribution in [2.75, 3.05) is 18.5 Å². The van der Waals surface area contributed by atoms with E-state index in [4.69, 9.17) is 79.1 Å². The van der Waals surface area contributed by atoms with Crippen LogP contribution in [0.3, 0.4) is 0 Å². The van der Waals surface area contributed by atoms with E-state index in [0.717, 1.165) is 0 Å². The fourth-order valence-corrected chi connectivity index (χ4v) is 3.40. The largest absolute Gasteiger partial charge is 0.464 e. The Morgan fingerprint density at radius 1 is 0.939 bits per heavy atom. The lowest BCUT2D eigenvalue weighted by atomic mass is 10.1. The number of hydrogen-bond donors (Lipinski definition) is 1. The number of halogens is 7. The van der Waals surface area contributed by atoms with Gasteiger partial charge in [0.1, 0.15) is 0 Å². The fraction of sp³-hybridized carbons (Fsp3) is 0.389. The van der Waals surface area contributed by atoms with Gasteiger partial charge in [0.05, 0.1) is 18.9 Å². The molecular formula is C18H15BrCl6N4O4. The van der Waals surface area contributed by atoms with E-state index < -0.39 is 25.6 Å². The summed E-state index contributed by atoms with van der Waals surface area (Å²) in [7, 11) is 0. The minimum absolute atomic E-state index is 0.0475. The number of rotatable bonds is 7. The molecule has 2 rings (SSSR count). The van der Waals surface area contributed by atoms with Crippen molar-refractivity contribution in [2.45, 2.75) is 27.5 Å². The molecule has 1 N–H and O–H groups in total. The van der Waals surface area contributed by atoms with Crippen LogP contribution < -0.4 is 5.32 Å². The fourth-order valence-electron chi connectivity index (χ4n) is 2.42. The second kappa shape index (κ2) is 11.7. The number of carbonyl (C=O) groups is 2. The van der Waals surface area contributed by atoms with E-state index in [-0.39, 0.29) is 41.9 Å². The maximum absolute atomic E-state index is 12.4. The number of anilines is 1. The average molecular weight is 644 g/mol. The van der Waals surface area contributed by atoms with Crippen LogP contribution in [0.25, 0.3) is 11.4 Å². The predicted molar refractivity (Wildman–Crippen MR) is 132 cm³/mol. The molecule has 1 heterocycles. The summed E-state index contributed by atoms with van der Waals surface area (Å²) in [6.45, 7) is 3.30. The average Bonchev–Trinajstić information content (AvgIpc) is 2.71. The predicted octanol–water partition coefficient (Wildman–Crippen LogP) is 5.86. The van der Waals surface area contributed by atoms with Gasteiger partial charge in [-0.25, -0.2) is 24.5 Å². The first-order valence-corrected chi connectivity index (χ1v) is 12.1. The molecule has 2 aromatic rings. The summed E-state index contributed by atoms with van der Waals surface area (Å²) >= 11 is 39.1. The molecule has 1 aromatic carbocycles. The lowest BCUT2D eigenvalue weighted by Gasteiger charge is -2.21. The van der Waals surface area contributed by atoms with Crippen molar-refractivity contribution in [2.24, 2.45) is 0 Å². The van der Waals surface area contributed by atoms with Crippen LogP contribution in [0.15, 0.2) is 22.7 Å². The molecule has 0 aliphatic carbocycles. The zero-order valence-electron chi connectivity index (χ0n) is 16.8. The van der Waals surface area contributed by atoms with Gasteiger partial charge in [0.2, 0.25) is 13.6 Å². The summed E-state index contributed by atoms with van der Waals surface area (Å²) < 4.78 is 6.28. The molecule has 15 heteroatoms. The molecule has 0 unspecified atom stereocenters. The Morgan fingerprint density at radius 3 is 1.85 bits per heavy atom. The van der Waals surface area contributed by atoms with Gasteiger partial charge in [0.25, 0.3) is 0 Å². The summed E-state index contributed by atoms with van der Waals surface area (Å²) in [5.74, 6) is -2.38. The van der Waals surface area contributed by atoms with Crippen molar-refractivity contribution >= 4 is 103 Å². The number of para-hydroxylation sites is 1. The van der Waals surface area contributed by atoms with Crippen LogP contribution in [-0.2, 0) is 26.6 Å². The zero-order valence-corrected chi connectivity index (χ0v) is 23.0. The third kappa shape index (κ3) is 7.59. The van der Waals surface area contributed by atoms with E-state index in [1.807, 2.05) is 0 Å². The van der Waals surface area contributed by atoms with Crippen LogP contribution >= 0.6 is 85.5 Å². The van der Waals surface area contributed by atoms with Gasteiger partial charge in [0, 0.05) is 10.0 Å². The van der Waals surface area contributed by atoms with E-state index in [2.05, 4.69) is 36.2 Å². The number of carbonyl (C=O) groups excluding carboxylic acids is 2. The molecule has 180 valence electrons. The smallest absolute Gasteiger partial charge is 0.340 e. The summed E-state index contributed by atoms with van der Waals surface area (Å²) in [4.78, 5) is 37.2. The summed E-state index contributed by atoms with van der Waals surface area (Å²) in [5, 5.41) is 2.81. The quantitative estimate of drug-likeness (QED) is 0.227. The molecule has 1 aromatic heterocycles. The molecule has 33 heavy (non-hydrogen) atoms. The lowest BCUT2D eigenvalue weighted by molar-refractivity contribution is -0.155. The Balaban J connectivity index is 2.68. The van der Waals surface area contributed by atoms with Crippen molar-refractivity contribution in [3.63, 3.8) is 0 Å². The van der Waals surface area contributed by atoms with Crippen LogP contribution in [0, 0.1) is 0 Å². The van der Waals surface area contributed by atoms with Gasteiger partial charge in [-0.05, 0) is 41.9 Å². The molecule has 0 saturated heterocycles. The zero-order chi connectivity index (χ0) is 25.0. The molecular weight excluding hydrogens is 629 g/mol. The Hall–Kier alpha value is -0.810. The highest BCUT2D eigenvalue weighted by Gasteiger charge is 2.35. The first-order valence-electron chi connectivity index (χ1n) is 9.08. The molecule has 0 fully saturated rings. The third-order valence-corrected chi connectivity index (χ3v) is 5.41. The number of aromatic nitrogens is 3. The SMILES string of the molecule is CCOC(=O)C(Nc1c(Br)cccc1-c1nc(C(Cl)(Cl)Cl)nc(C(Cl)(Cl)Cl)n1)C(=O)OCC. The Kier molecular flexibility index (Phi) is 10.1. The molecule has 0 radical (unpaired) electrons. The van der Waals surface area contributed by atoms with E-state index >= 15 is 0 Å². The maximum Gasteiger partial charge on any atom is 0.340 e. The minimum atomic E-state index is -2.07. The summed E-state index contributed by atoms with van der Waals surface area (Å²) in [6.07, 6.45) is 0. The van der Waals surface area contributed by atoms with Gasteiger partial charge in [-0.15, -0.1) is 0 Å². The number of nitrogens with zero attached hydrogens (tertiary/aromatic N) is 3. The third-order valence-electron chi connectivity index (χ3n) is 3.73.